The summed E-state index contributed by atoms with van der Waals surface area (Å²) in [6, 6.07) is 0.846. The first kappa shape index (κ1) is 24.7. The SMILES string of the molecule is CCNC(=NCCNc1nccc(C(F)(F)F)n1)N1CCC(COCC)C1.I. The smallest absolute Gasteiger partial charge is 0.381 e. The minimum Gasteiger partial charge on any atom is -0.381 e. The Morgan fingerprint density at radius 2 is 2.18 bits per heavy atom. The fraction of sp³-hybridized carbons (Fsp3) is 0.706. The lowest BCUT2D eigenvalue weighted by atomic mass is 10.1. The minimum absolute atomic E-state index is 0. The number of alkyl halides is 3. The van der Waals surface area contributed by atoms with E-state index in [-0.39, 0.29) is 29.9 Å². The topological polar surface area (TPSA) is 74.7 Å². The van der Waals surface area contributed by atoms with E-state index in [1.807, 2.05) is 13.8 Å². The molecule has 0 aliphatic carbocycles. The number of likely N-dealkylation sites (tertiary alicyclic amines) is 1. The molecule has 0 spiro atoms. The molecule has 0 amide bonds. The average Bonchev–Trinajstić information content (AvgIpc) is 3.11. The average molecular weight is 516 g/mol. The minimum atomic E-state index is -4.48. The zero-order valence-electron chi connectivity index (χ0n) is 16.1. The molecule has 1 saturated heterocycles. The van der Waals surface area contributed by atoms with E-state index < -0.39 is 11.9 Å². The zero-order chi connectivity index (χ0) is 19.7. The van der Waals surface area contributed by atoms with Gasteiger partial charge in [-0.05, 0) is 26.3 Å². The molecule has 11 heteroatoms. The molecule has 0 saturated carbocycles. The van der Waals surface area contributed by atoms with Crippen LogP contribution in [-0.4, -0.2) is 66.8 Å². The summed E-state index contributed by atoms with van der Waals surface area (Å²) >= 11 is 0. The number of rotatable bonds is 8. The quantitative estimate of drug-likeness (QED) is 0.240. The Kier molecular flexibility index (Phi) is 10.8. The van der Waals surface area contributed by atoms with E-state index in [1.165, 1.54) is 0 Å². The highest BCUT2D eigenvalue weighted by atomic mass is 127. The number of halogens is 4. The third-order valence-corrected chi connectivity index (χ3v) is 4.08. The van der Waals surface area contributed by atoms with E-state index in [0.717, 1.165) is 50.9 Å². The first-order valence-corrected chi connectivity index (χ1v) is 9.19. The molecule has 1 aliphatic heterocycles. The molecular weight excluding hydrogens is 488 g/mol. The van der Waals surface area contributed by atoms with Crippen molar-refractivity contribution in [2.45, 2.75) is 26.4 Å². The summed E-state index contributed by atoms with van der Waals surface area (Å²) in [7, 11) is 0. The first-order chi connectivity index (χ1) is 12.9. The molecule has 0 bridgehead atoms. The van der Waals surface area contributed by atoms with Crippen LogP contribution < -0.4 is 10.6 Å². The highest BCUT2D eigenvalue weighted by Gasteiger charge is 2.32. The lowest BCUT2D eigenvalue weighted by Gasteiger charge is -2.21. The number of hydrogen-bond acceptors (Lipinski definition) is 5. The van der Waals surface area contributed by atoms with Crippen LogP contribution >= 0.6 is 24.0 Å². The Morgan fingerprint density at radius 1 is 1.39 bits per heavy atom. The molecule has 2 rings (SSSR count). The third kappa shape index (κ3) is 7.94. The fourth-order valence-corrected chi connectivity index (χ4v) is 2.80. The molecule has 1 atom stereocenters. The maximum atomic E-state index is 12.7. The molecule has 0 aromatic carbocycles. The van der Waals surface area contributed by atoms with Gasteiger partial charge in [-0.25, -0.2) is 9.97 Å². The predicted octanol–water partition coefficient (Wildman–Crippen LogP) is 2.85. The first-order valence-electron chi connectivity index (χ1n) is 9.19. The van der Waals surface area contributed by atoms with Crippen molar-refractivity contribution in [2.75, 3.05) is 51.3 Å². The largest absolute Gasteiger partial charge is 0.433 e. The Balaban J connectivity index is 0.00000392. The number of guanidine groups is 1. The van der Waals surface area contributed by atoms with Gasteiger partial charge >= 0.3 is 6.18 Å². The summed E-state index contributed by atoms with van der Waals surface area (Å²) in [4.78, 5) is 14.0. The van der Waals surface area contributed by atoms with Crippen molar-refractivity contribution in [1.29, 1.82) is 0 Å². The van der Waals surface area contributed by atoms with Crippen molar-refractivity contribution in [2.24, 2.45) is 10.9 Å². The summed E-state index contributed by atoms with van der Waals surface area (Å²) in [6.45, 7) is 8.73. The summed E-state index contributed by atoms with van der Waals surface area (Å²) in [5, 5.41) is 6.04. The number of aliphatic imine (C=N–C) groups is 1. The predicted molar refractivity (Wildman–Crippen MR) is 113 cm³/mol. The van der Waals surface area contributed by atoms with Gasteiger partial charge in [0.15, 0.2) is 5.96 Å². The van der Waals surface area contributed by atoms with E-state index >= 15 is 0 Å². The molecule has 2 heterocycles. The molecule has 1 aromatic heterocycles. The number of ether oxygens (including phenoxy) is 1. The Bertz CT molecular complexity index is 617. The van der Waals surface area contributed by atoms with Crippen LogP contribution in [0.1, 0.15) is 26.0 Å². The Labute approximate surface area is 180 Å². The number of aromatic nitrogens is 2. The van der Waals surface area contributed by atoms with Gasteiger partial charge < -0.3 is 20.3 Å². The maximum Gasteiger partial charge on any atom is 0.433 e. The van der Waals surface area contributed by atoms with E-state index in [2.05, 4.69) is 30.5 Å². The molecule has 1 aliphatic rings. The van der Waals surface area contributed by atoms with Crippen LogP contribution in [0.15, 0.2) is 17.3 Å². The van der Waals surface area contributed by atoms with Crippen molar-refractivity contribution in [3.05, 3.63) is 18.0 Å². The van der Waals surface area contributed by atoms with E-state index in [1.54, 1.807) is 0 Å². The van der Waals surface area contributed by atoms with Crippen molar-refractivity contribution < 1.29 is 17.9 Å². The third-order valence-electron chi connectivity index (χ3n) is 4.08. The summed E-state index contributed by atoms with van der Waals surface area (Å²) in [5.41, 5.74) is -0.964. The van der Waals surface area contributed by atoms with Crippen molar-refractivity contribution in [3.63, 3.8) is 0 Å². The second-order valence-electron chi connectivity index (χ2n) is 6.19. The lowest BCUT2D eigenvalue weighted by molar-refractivity contribution is -0.141. The van der Waals surface area contributed by atoms with Crippen LogP contribution in [0, 0.1) is 5.92 Å². The zero-order valence-corrected chi connectivity index (χ0v) is 18.5. The van der Waals surface area contributed by atoms with Crippen molar-refractivity contribution >= 4 is 35.9 Å². The molecule has 28 heavy (non-hydrogen) atoms. The molecule has 1 unspecified atom stereocenters. The van der Waals surface area contributed by atoms with Gasteiger partial charge in [-0.3, -0.25) is 4.99 Å². The van der Waals surface area contributed by atoms with Gasteiger partial charge in [0.05, 0.1) is 13.2 Å². The molecule has 1 aromatic rings. The molecule has 0 radical (unpaired) electrons. The van der Waals surface area contributed by atoms with Gasteiger partial charge in [0.25, 0.3) is 0 Å². The van der Waals surface area contributed by atoms with Gasteiger partial charge in [-0.1, -0.05) is 0 Å². The Hall–Kier alpha value is -1.37. The highest BCUT2D eigenvalue weighted by molar-refractivity contribution is 14.0. The molecule has 1 fully saturated rings. The fourth-order valence-electron chi connectivity index (χ4n) is 2.80. The molecular formula is C17H28F3IN6O. The molecule has 160 valence electrons. The monoisotopic (exact) mass is 516 g/mol. The van der Waals surface area contributed by atoms with Crippen molar-refractivity contribution in [3.8, 4) is 0 Å². The van der Waals surface area contributed by atoms with Crippen molar-refractivity contribution in [1.82, 2.24) is 20.2 Å². The van der Waals surface area contributed by atoms with Crippen LogP contribution in [-0.2, 0) is 10.9 Å². The van der Waals surface area contributed by atoms with Crippen LogP contribution in [0.2, 0.25) is 0 Å². The maximum absolute atomic E-state index is 12.7. The standard InChI is InChI=1S/C17H27F3N6O.HI/c1-3-21-16(26-10-6-13(11-26)12-27-4-2)24-9-8-23-15-22-7-5-14(25-15)17(18,19)20;/h5,7,13H,3-4,6,8-12H2,1-2H3,(H,21,24)(H,22,23,25);1H. The second-order valence-corrected chi connectivity index (χ2v) is 6.19. The highest BCUT2D eigenvalue weighted by Crippen LogP contribution is 2.27. The van der Waals surface area contributed by atoms with Gasteiger partial charge in [-0.15, -0.1) is 24.0 Å². The van der Waals surface area contributed by atoms with Crippen LogP contribution in [0.5, 0.6) is 0 Å². The number of nitrogens with one attached hydrogen (secondary N) is 2. The van der Waals surface area contributed by atoms with Gasteiger partial charge in [0.2, 0.25) is 5.95 Å². The van der Waals surface area contributed by atoms with Gasteiger partial charge in [0.1, 0.15) is 5.69 Å². The summed E-state index contributed by atoms with van der Waals surface area (Å²) in [5.74, 6) is 1.25. The van der Waals surface area contributed by atoms with E-state index in [4.69, 9.17) is 4.74 Å². The number of anilines is 1. The summed E-state index contributed by atoms with van der Waals surface area (Å²) < 4.78 is 43.5. The summed E-state index contributed by atoms with van der Waals surface area (Å²) in [6.07, 6.45) is -2.33. The van der Waals surface area contributed by atoms with E-state index in [9.17, 15) is 13.2 Å². The lowest BCUT2D eigenvalue weighted by Crippen LogP contribution is -2.40. The van der Waals surface area contributed by atoms with Gasteiger partial charge in [0, 0.05) is 44.9 Å². The normalized spacial score (nSPS) is 17.4. The molecule has 2 N–H and O–H groups in total. The Morgan fingerprint density at radius 3 is 2.86 bits per heavy atom. The number of nitrogens with zero attached hydrogens (tertiary/aromatic N) is 4. The molecule has 7 nitrogen and oxygen atoms in total. The van der Waals surface area contributed by atoms with Crippen LogP contribution in [0.4, 0.5) is 19.1 Å². The second kappa shape index (κ2) is 12.2. The van der Waals surface area contributed by atoms with E-state index in [0.29, 0.717) is 25.6 Å². The number of hydrogen-bond donors (Lipinski definition) is 2. The van der Waals surface area contributed by atoms with Crippen LogP contribution in [0.3, 0.4) is 0 Å². The van der Waals surface area contributed by atoms with Crippen LogP contribution in [0.25, 0.3) is 0 Å². The van der Waals surface area contributed by atoms with Gasteiger partial charge in [-0.2, -0.15) is 13.2 Å².